The van der Waals surface area contributed by atoms with E-state index in [0.29, 0.717) is 42.8 Å². The van der Waals surface area contributed by atoms with Crippen LogP contribution in [0.3, 0.4) is 0 Å². The lowest BCUT2D eigenvalue weighted by atomic mass is 9.63. The fourth-order valence-corrected chi connectivity index (χ4v) is 7.22. The van der Waals surface area contributed by atoms with Gasteiger partial charge in [0.1, 0.15) is 18.7 Å². The molecule has 1 aromatic carbocycles. The minimum absolute atomic E-state index is 0.0195. The smallest absolute Gasteiger partial charge is 0.245 e. The number of halogens is 1. The molecular weight excluding hydrogens is 512 g/mol. The number of hydrogen-bond donors (Lipinski definition) is 2. The van der Waals surface area contributed by atoms with E-state index < -0.39 is 6.04 Å². The van der Waals surface area contributed by atoms with Gasteiger partial charge in [-0.1, -0.05) is 43.0 Å². The fourth-order valence-electron chi connectivity index (χ4n) is 7.10. The van der Waals surface area contributed by atoms with Crippen molar-refractivity contribution in [2.75, 3.05) is 26.2 Å². The molecule has 0 radical (unpaired) electrons. The lowest BCUT2D eigenvalue weighted by Crippen LogP contribution is -2.54. The van der Waals surface area contributed by atoms with E-state index in [9.17, 15) is 9.59 Å². The maximum atomic E-state index is 13.9. The number of hydrogen-bond acceptors (Lipinski definition) is 5. The standard InChI is InChI=1S/C30H43ClN6O2/c31-26-8-6-23(7-9-26)18-27(35-28(38)19-24-10-14-32-15-11-24)29(39)36-16-12-30(13-17-36,20-37-22-33-21-34-37)25-4-2-1-3-5-25/h6-9,21-22,24-25,27,32H,1-5,10-20H2,(H,35,38)/t27-/m1/s1. The molecule has 1 atom stereocenters. The Morgan fingerprint density at radius 2 is 1.77 bits per heavy atom. The highest BCUT2D eigenvalue weighted by Gasteiger charge is 2.43. The van der Waals surface area contributed by atoms with Crippen LogP contribution in [0, 0.1) is 17.3 Å². The molecule has 9 heteroatoms. The van der Waals surface area contributed by atoms with Gasteiger partial charge in [0.2, 0.25) is 11.8 Å². The quantitative estimate of drug-likeness (QED) is 0.484. The summed E-state index contributed by atoms with van der Waals surface area (Å²) in [4.78, 5) is 33.2. The number of rotatable bonds is 9. The summed E-state index contributed by atoms with van der Waals surface area (Å²) in [5.74, 6) is 1.04. The molecule has 2 N–H and O–H groups in total. The van der Waals surface area contributed by atoms with Gasteiger partial charge in [0.25, 0.3) is 0 Å². The Labute approximate surface area is 237 Å². The van der Waals surface area contributed by atoms with E-state index in [2.05, 4.69) is 20.7 Å². The van der Waals surface area contributed by atoms with Crippen LogP contribution >= 0.6 is 11.6 Å². The minimum Gasteiger partial charge on any atom is -0.344 e. The maximum Gasteiger partial charge on any atom is 0.245 e. The predicted molar refractivity (Wildman–Crippen MR) is 152 cm³/mol. The summed E-state index contributed by atoms with van der Waals surface area (Å²) in [5.41, 5.74) is 1.13. The Morgan fingerprint density at radius 1 is 1.05 bits per heavy atom. The number of amides is 2. The first kappa shape index (κ1) is 28.1. The Balaban J connectivity index is 1.27. The van der Waals surface area contributed by atoms with Crippen molar-refractivity contribution in [2.45, 2.75) is 83.2 Å². The number of nitrogens with zero attached hydrogens (tertiary/aromatic N) is 4. The molecule has 8 nitrogen and oxygen atoms in total. The highest BCUT2D eigenvalue weighted by molar-refractivity contribution is 6.30. The van der Waals surface area contributed by atoms with Crippen LogP contribution in [-0.4, -0.2) is 63.7 Å². The molecule has 0 bridgehead atoms. The molecule has 2 amide bonds. The number of carbonyl (C=O) groups is 2. The van der Waals surface area contributed by atoms with Crippen molar-refractivity contribution < 1.29 is 9.59 Å². The van der Waals surface area contributed by atoms with Gasteiger partial charge in [0.05, 0.1) is 0 Å². The molecule has 3 aliphatic rings. The molecule has 2 aromatic rings. The summed E-state index contributed by atoms with van der Waals surface area (Å²) in [6.45, 7) is 4.20. The van der Waals surface area contributed by atoms with Gasteiger partial charge in [0.15, 0.2) is 0 Å². The lowest BCUT2D eigenvalue weighted by molar-refractivity contribution is -0.139. The topological polar surface area (TPSA) is 92.2 Å². The van der Waals surface area contributed by atoms with E-state index in [0.717, 1.165) is 50.9 Å². The van der Waals surface area contributed by atoms with E-state index >= 15 is 0 Å². The molecule has 3 heterocycles. The van der Waals surface area contributed by atoms with Crippen molar-refractivity contribution in [3.63, 3.8) is 0 Å². The van der Waals surface area contributed by atoms with Crippen molar-refractivity contribution >= 4 is 23.4 Å². The summed E-state index contributed by atoms with van der Waals surface area (Å²) in [6.07, 6.45) is 14.7. The third-order valence-electron chi connectivity index (χ3n) is 9.40. The zero-order valence-corrected chi connectivity index (χ0v) is 23.7. The highest BCUT2D eigenvalue weighted by Crippen LogP contribution is 2.47. The fraction of sp³-hybridized carbons (Fsp3) is 0.667. The van der Waals surface area contributed by atoms with Crippen LogP contribution in [0.25, 0.3) is 0 Å². The van der Waals surface area contributed by atoms with E-state index in [1.807, 2.05) is 40.2 Å². The average Bonchev–Trinajstić information content (AvgIpc) is 3.48. The third kappa shape index (κ3) is 7.40. The zero-order valence-electron chi connectivity index (χ0n) is 23.0. The maximum absolute atomic E-state index is 13.9. The first-order valence-corrected chi connectivity index (χ1v) is 15.2. The van der Waals surface area contributed by atoms with Crippen LogP contribution in [0.5, 0.6) is 0 Å². The number of piperidine rings is 2. The molecule has 212 valence electrons. The van der Waals surface area contributed by atoms with Gasteiger partial charge in [-0.2, -0.15) is 5.10 Å². The first-order chi connectivity index (χ1) is 19.0. The molecule has 2 saturated heterocycles. The van der Waals surface area contributed by atoms with Gasteiger partial charge >= 0.3 is 0 Å². The molecule has 1 aliphatic carbocycles. The molecule has 0 spiro atoms. The second kappa shape index (κ2) is 13.3. The highest BCUT2D eigenvalue weighted by atomic mass is 35.5. The second-order valence-corrected chi connectivity index (χ2v) is 12.4. The van der Waals surface area contributed by atoms with Crippen LogP contribution in [0.15, 0.2) is 36.9 Å². The molecule has 39 heavy (non-hydrogen) atoms. The Morgan fingerprint density at radius 3 is 2.44 bits per heavy atom. The van der Waals surface area contributed by atoms with Gasteiger partial charge in [-0.05, 0) is 86.6 Å². The van der Waals surface area contributed by atoms with E-state index in [1.54, 1.807) is 6.33 Å². The number of benzene rings is 1. The third-order valence-corrected chi connectivity index (χ3v) is 9.66. The van der Waals surface area contributed by atoms with Gasteiger partial charge in [-0.25, -0.2) is 4.98 Å². The van der Waals surface area contributed by atoms with Crippen LogP contribution in [0.4, 0.5) is 0 Å². The molecule has 3 fully saturated rings. The van der Waals surface area contributed by atoms with Crippen LogP contribution in [0.1, 0.15) is 69.8 Å². The van der Waals surface area contributed by atoms with Crippen molar-refractivity contribution in [1.29, 1.82) is 0 Å². The molecule has 0 unspecified atom stereocenters. The Hall–Kier alpha value is -2.45. The van der Waals surface area contributed by atoms with Crippen LogP contribution < -0.4 is 10.6 Å². The van der Waals surface area contributed by atoms with E-state index in [4.69, 9.17) is 11.6 Å². The monoisotopic (exact) mass is 554 g/mol. The SMILES string of the molecule is O=C(CC1CCNCC1)N[C@H](Cc1ccc(Cl)cc1)C(=O)N1CCC(Cn2cncn2)(C2CCCCC2)CC1. The number of likely N-dealkylation sites (tertiary alicyclic amines) is 1. The number of nitrogens with one attached hydrogen (secondary N) is 2. The van der Waals surface area contributed by atoms with Crippen LogP contribution in [0.2, 0.25) is 5.02 Å². The normalized spacial score (nSPS) is 21.4. The Bertz CT molecular complexity index is 1060. The second-order valence-electron chi connectivity index (χ2n) is 12.0. The van der Waals surface area contributed by atoms with Gasteiger partial charge in [0, 0.05) is 37.5 Å². The van der Waals surface area contributed by atoms with Gasteiger partial charge < -0.3 is 15.5 Å². The van der Waals surface area contributed by atoms with Crippen LogP contribution in [-0.2, 0) is 22.6 Å². The minimum atomic E-state index is -0.571. The van der Waals surface area contributed by atoms with Gasteiger partial charge in [-0.3, -0.25) is 14.3 Å². The molecular formula is C30H43ClN6O2. The molecule has 2 aliphatic heterocycles. The van der Waals surface area contributed by atoms with E-state index in [-0.39, 0.29) is 17.2 Å². The summed E-state index contributed by atoms with van der Waals surface area (Å²) in [7, 11) is 0. The van der Waals surface area contributed by atoms with Gasteiger partial charge in [-0.15, -0.1) is 0 Å². The summed E-state index contributed by atoms with van der Waals surface area (Å²) in [5, 5.41) is 11.6. The lowest BCUT2D eigenvalue weighted by Gasteiger charge is -2.48. The van der Waals surface area contributed by atoms with Crippen molar-refractivity contribution in [3.05, 3.63) is 47.5 Å². The number of carbonyl (C=O) groups excluding carboxylic acids is 2. The Kier molecular flexibility index (Phi) is 9.56. The summed E-state index contributed by atoms with van der Waals surface area (Å²) >= 11 is 6.11. The first-order valence-electron chi connectivity index (χ1n) is 14.9. The molecule has 1 aromatic heterocycles. The van der Waals surface area contributed by atoms with Crippen molar-refractivity contribution in [1.82, 2.24) is 30.3 Å². The number of aromatic nitrogens is 3. The van der Waals surface area contributed by atoms with Crippen molar-refractivity contribution in [2.24, 2.45) is 17.3 Å². The largest absolute Gasteiger partial charge is 0.344 e. The van der Waals surface area contributed by atoms with Crippen molar-refractivity contribution in [3.8, 4) is 0 Å². The molecule has 5 rings (SSSR count). The molecule has 1 saturated carbocycles. The summed E-state index contributed by atoms with van der Waals surface area (Å²) < 4.78 is 1.98. The predicted octanol–water partition coefficient (Wildman–Crippen LogP) is 4.24. The van der Waals surface area contributed by atoms with E-state index in [1.165, 1.54) is 32.1 Å². The average molecular weight is 555 g/mol. The zero-order chi connectivity index (χ0) is 27.1. The summed E-state index contributed by atoms with van der Waals surface area (Å²) in [6, 6.07) is 7.02.